The molecule has 2 aromatic carbocycles. The fraction of sp³-hybridized carbons (Fsp3) is 0.333. The highest BCUT2D eigenvalue weighted by molar-refractivity contribution is 5.86. The number of benzene rings is 2. The molecule has 26 heavy (non-hydrogen) atoms. The topological polar surface area (TPSA) is 86.7 Å². The number of carbonyl (C=O) groups excluding carboxylic acids is 2. The van der Waals surface area contributed by atoms with Crippen LogP contribution in [-0.4, -0.2) is 29.8 Å². The van der Waals surface area contributed by atoms with Gasteiger partial charge in [0.1, 0.15) is 6.10 Å². The van der Waals surface area contributed by atoms with Crippen molar-refractivity contribution in [3.05, 3.63) is 59.7 Å². The summed E-state index contributed by atoms with van der Waals surface area (Å²) in [5, 5.41) is 20.9. The van der Waals surface area contributed by atoms with Crippen molar-refractivity contribution in [2.75, 3.05) is 6.61 Å². The quantitative estimate of drug-likeness (QED) is 0.848. The fourth-order valence-corrected chi connectivity index (χ4v) is 4.49. The Hall–Kier alpha value is -2.66. The maximum Gasteiger partial charge on any atom is 0.306 e. The molecule has 0 unspecified atom stereocenters. The molecule has 2 aromatic rings. The van der Waals surface area contributed by atoms with Gasteiger partial charge in [0, 0.05) is 12.5 Å². The molecule has 5 nitrogen and oxygen atoms in total. The molecule has 1 saturated heterocycles. The lowest BCUT2D eigenvalue weighted by atomic mass is 9.81. The molecule has 1 aliphatic heterocycles. The lowest BCUT2D eigenvalue weighted by Crippen LogP contribution is -2.22. The number of carboxylic acid groups (broad SMARTS) is 1. The number of carbonyl (C=O) groups is 2. The molecular weight excluding hydrogens is 332 g/mol. The van der Waals surface area contributed by atoms with Crippen molar-refractivity contribution in [2.24, 2.45) is 11.8 Å². The standard InChI is InChI=1S/C21H20O5/c22-11-18-16(9-19-17(18)10-20(23)26-19)15-4-2-1-3-14(15)12-5-7-13(8-6-12)21(24)25/h1-8,16-19,22H,9-11H2,(H,24,25)/p-1/t16-,17+,18-,19-/m0/s1. The predicted octanol–water partition coefficient (Wildman–Crippen LogP) is 1.74. The van der Waals surface area contributed by atoms with Crippen molar-refractivity contribution >= 4 is 11.9 Å². The number of aliphatic hydroxyl groups excluding tert-OH is 1. The molecule has 1 N–H and O–H groups in total. The number of aromatic carboxylic acids is 1. The summed E-state index contributed by atoms with van der Waals surface area (Å²) in [6.45, 7) is 0.0143. The Morgan fingerprint density at radius 1 is 1.15 bits per heavy atom. The number of rotatable bonds is 4. The first-order chi connectivity index (χ1) is 12.6. The smallest absolute Gasteiger partial charge is 0.306 e. The molecule has 1 saturated carbocycles. The third kappa shape index (κ3) is 2.78. The monoisotopic (exact) mass is 351 g/mol. The average Bonchev–Trinajstić information content (AvgIpc) is 3.17. The van der Waals surface area contributed by atoms with Crippen LogP contribution in [0.2, 0.25) is 0 Å². The molecule has 4 rings (SSSR count). The summed E-state index contributed by atoms with van der Waals surface area (Å²) in [4.78, 5) is 22.5. The minimum Gasteiger partial charge on any atom is -0.545 e. The summed E-state index contributed by atoms with van der Waals surface area (Å²) < 4.78 is 5.43. The van der Waals surface area contributed by atoms with E-state index in [1.54, 1.807) is 12.1 Å². The zero-order chi connectivity index (χ0) is 18.3. The lowest BCUT2D eigenvalue weighted by Gasteiger charge is -2.23. The van der Waals surface area contributed by atoms with Crippen molar-refractivity contribution in [3.63, 3.8) is 0 Å². The van der Waals surface area contributed by atoms with E-state index in [-0.39, 0.29) is 42.0 Å². The molecule has 0 spiro atoms. The molecule has 5 heteroatoms. The molecule has 0 aromatic heterocycles. The summed E-state index contributed by atoms with van der Waals surface area (Å²) in [6.07, 6.45) is 0.947. The van der Waals surface area contributed by atoms with Crippen LogP contribution in [-0.2, 0) is 9.53 Å². The molecule has 2 aliphatic rings. The number of aliphatic hydroxyl groups is 1. The van der Waals surface area contributed by atoms with E-state index in [9.17, 15) is 19.8 Å². The summed E-state index contributed by atoms with van der Waals surface area (Å²) >= 11 is 0. The van der Waals surface area contributed by atoms with Gasteiger partial charge in [0.25, 0.3) is 0 Å². The molecule has 2 fully saturated rings. The van der Waals surface area contributed by atoms with Gasteiger partial charge in [-0.1, -0.05) is 48.5 Å². The molecule has 1 aliphatic carbocycles. The van der Waals surface area contributed by atoms with Crippen LogP contribution in [0.25, 0.3) is 11.1 Å². The van der Waals surface area contributed by atoms with Crippen molar-refractivity contribution in [3.8, 4) is 11.1 Å². The van der Waals surface area contributed by atoms with Crippen LogP contribution in [0.4, 0.5) is 0 Å². The van der Waals surface area contributed by atoms with Crippen LogP contribution in [0.1, 0.15) is 34.7 Å². The molecule has 134 valence electrons. The van der Waals surface area contributed by atoms with Gasteiger partial charge in [0.15, 0.2) is 0 Å². The molecule has 0 radical (unpaired) electrons. The Kier molecular flexibility index (Phi) is 4.24. The first kappa shape index (κ1) is 16.8. The summed E-state index contributed by atoms with van der Waals surface area (Å²) in [6, 6.07) is 14.6. The third-order valence-electron chi connectivity index (χ3n) is 5.72. The minimum atomic E-state index is -1.20. The first-order valence-corrected chi connectivity index (χ1v) is 8.79. The number of hydrogen-bond acceptors (Lipinski definition) is 5. The molecular formula is C21H19O5-. The Balaban J connectivity index is 1.70. The van der Waals surface area contributed by atoms with E-state index in [0.717, 1.165) is 16.7 Å². The summed E-state index contributed by atoms with van der Waals surface area (Å²) in [5.74, 6) is -1.24. The number of ether oxygens (including phenoxy) is 1. The normalized spacial score (nSPS) is 27.2. The highest BCUT2D eigenvalue weighted by Gasteiger charge is 2.50. The van der Waals surface area contributed by atoms with Crippen LogP contribution in [0, 0.1) is 11.8 Å². The maximum atomic E-state index is 11.6. The zero-order valence-electron chi connectivity index (χ0n) is 14.1. The average molecular weight is 351 g/mol. The summed E-state index contributed by atoms with van der Waals surface area (Å²) in [5.41, 5.74) is 3.16. The Bertz CT molecular complexity index is 842. The molecule has 0 bridgehead atoms. The van der Waals surface area contributed by atoms with Gasteiger partial charge in [-0.05, 0) is 40.5 Å². The van der Waals surface area contributed by atoms with Gasteiger partial charge in [-0.3, -0.25) is 4.79 Å². The molecule has 4 atom stereocenters. The highest BCUT2D eigenvalue weighted by Crippen LogP contribution is 2.50. The van der Waals surface area contributed by atoms with Gasteiger partial charge in [0.2, 0.25) is 0 Å². The van der Waals surface area contributed by atoms with Gasteiger partial charge in [-0.25, -0.2) is 0 Å². The number of esters is 1. The lowest BCUT2D eigenvalue weighted by molar-refractivity contribution is -0.255. The van der Waals surface area contributed by atoms with Crippen LogP contribution < -0.4 is 5.11 Å². The summed E-state index contributed by atoms with van der Waals surface area (Å²) in [7, 11) is 0. The second-order valence-corrected chi connectivity index (χ2v) is 7.04. The van der Waals surface area contributed by atoms with Crippen molar-refractivity contribution in [2.45, 2.75) is 24.9 Å². The predicted molar refractivity (Wildman–Crippen MR) is 92.1 cm³/mol. The third-order valence-corrected chi connectivity index (χ3v) is 5.72. The number of hydrogen-bond donors (Lipinski definition) is 1. The van der Waals surface area contributed by atoms with E-state index in [4.69, 9.17) is 4.74 Å². The van der Waals surface area contributed by atoms with E-state index < -0.39 is 5.97 Å². The van der Waals surface area contributed by atoms with Gasteiger partial charge in [-0.2, -0.15) is 0 Å². The molecule has 1 heterocycles. The van der Waals surface area contributed by atoms with Crippen LogP contribution in [0.5, 0.6) is 0 Å². The highest BCUT2D eigenvalue weighted by atomic mass is 16.6. The van der Waals surface area contributed by atoms with E-state index in [2.05, 4.69) is 0 Å². The second-order valence-electron chi connectivity index (χ2n) is 7.04. The van der Waals surface area contributed by atoms with Crippen LogP contribution >= 0.6 is 0 Å². The fourth-order valence-electron chi connectivity index (χ4n) is 4.49. The number of fused-ring (bicyclic) bond motifs is 1. The van der Waals surface area contributed by atoms with E-state index >= 15 is 0 Å². The zero-order valence-corrected chi connectivity index (χ0v) is 14.1. The van der Waals surface area contributed by atoms with Gasteiger partial charge < -0.3 is 19.7 Å². The first-order valence-electron chi connectivity index (χ1n) is 8.79. The van der Waals surface area contributed by atoms with Gasteiger partial charge >= 0.3 is 5.97 Å². The van der Waals surface area contributed by atoms with Gasteiger partial charge in [0.05, 0.1) is 12.4 Å². The van der Waals surface area contributed by atoms with Crippen LogP contribution in [0.3, 0.4) is 0 Å². The van der Waals surface area contributed by atoms with E-state index in [1.165, 1.54) is 12.1 Å². The van der Waals surface area contributed by atoms with E-state index in [1.807, 2.05) is 24.3 Å². The Morgan fingerprint density at radius 3 is 2.58 bits per heavy atom. The van der Waals surface area contributed by atoms with Crippen LogP contribution in [0.15, 0.2) is 48.5 Å². The minimum absolute atomic E-state index is 0.0143. The largest absolute Gasteiger partial charge is 0.545 e. The van der Waals surface area contributed by atoms with E-state index in [0.29, 0.717) is 12.8 Å². The van der Waals surface area contributed by atoms with Gasteiger partial charge in [-0.15, -0.1) is 0 Å². The van der Waals surface area contributed by atoms with Crippen molar-refractivity contribution in [1.29, 1.82) is 0 Å². The number of carboxylic acids is 1. The second kappa shape index (κ2) is 6.57. The Labute approximate surface area is 151 Å². The maximum absolute atomic E-state index is 11.6. The van der Waals surface area contributed by atoms with Crippen molar-refractivity contribution in [1.82, 2.24) is 0 Å². The molecule has 0 amide bonds. The van der Waals surface area contributed by atoms with Crippen molar-refractivity contribution < 1.29 is 24.5 Å². The SMILES string of the molecule is O=C1C[C@@H]2[C@@H](CO)[C@H](c3ccccc3-c3ccc(C(=O)[O-])cc3)C[C@@H]2O1. The Morgan fingerprint density at radius 2 is 1.88 bits per heavy atom.